The van der Waals surface area contributed by atoms with Crippen molar-refractivity contribution >= 4 is 31.6 Å². The lowest BCUT2D eigenvalue weighted by Gasteiger charge is -2.11. The molecule has 2 N–H and O–H groups in total. The zero-order valence-corrected chi connectivity index (χ0v) is 16.6. The van der Waals surface area contributed by atoms with Gasteiger partial charge in [0.25, 0.3) is 20.0 Å². The van der Waals surface area contributed by atoms with Gasteiger partial charge in [-0.15, -0.1) is 0 Å². The molecule has 1 heterocycles. The van der Waals surface area contributed by atoms with E-state index in [9.17, 15) is 21.2 Å². The van der Waals surface area contributed by atoms with Crippen LogP contribution in [0.1, 0.15) is 25.7 Å². The topological polar surface area (TPSA) is 105 Å². The van der Waals surface area contributed by atoms with E-state index in [1.54, 1.807) is 0 Å². The van der Waals surface area contributed by atoms with Crippen molar-refractivity contribution in [2.75, 3.05) is 11.3 Å². The molecule has 28 heavy (non-hydrogen) atoms. The van der Waals surface area contributed by atoms with E-state index in [2.05, 4.69) is 14.4 Å². The highest BCUT2D eigenvalue weighted by molar-refractivity contribution is 7.92. The number of amidine groups is 1. The molecular formula is C18H20FN3O4S2. The normalized spacial score (nSPS) is 15.4. The molecule has 1 aliphatic heterocycles. The summed E-state index contributed by atoms with van der Waals surface area (Å²) >= 11 is 0. The van der Waals surface area contributed by atoms with Crippen LogP contribution in [0, 0.1) is 5.82 Å². The van der Waals surface area contributed by atoms with Gasteiger partial charge in [0.1, 0.15) is 16.5 Å². The molecule has 0 aliphatic carbocycles. The van der Waals surface area contributed by atoms with Gasteiger partial charge in [-0.3, -0.25) is 14.4 Å². The second kappa shape index (κ2) is 8.27. The van der Waals surface area contributed by atoms with Crippen LogP contribution in [-0.2, 0) is 20.0 Å². The van der Waals surface area contributed by atoms with Gasteiger partial charge >= 0.3 is 0 Å². The molecule has 0 radical (unpaired) electrons. The lowest BCUT2D eigenvalue weighted by molar-refractivity contribution is 0.570. The predicted octanol–water partition coefficient (Wildman–Crippen LogP) is 2.88. The number of aliphatic imine (C=N–C) groups is 1. The van der Waals surface area contributed by atoms with Crippen LogP contribution in [0.15, 0.2) is 63.3 Å². The summed E-state index contributed by atoms with van der Waals surface area (Å²) in [7, 11) is -7.94. The monoisotopic (exact) mass is 425 g/mol. The van der Waals surface area contributed by atoms with Crippen LogP contribution in [0.5, 0.6) is 0 Å². The highest BCUT2D eigenvalue weighted by Gasteiger charge is 2.20. The van der Waals surface area contributed by atoms with Gasteiger partial charge in [0, 0.05) is 18.7 Å². The Kier molecular flexibility index (Phi) is 5.99. The number of hydrogen-bond donors (Lipinski definition) is 2. The molecule has 3 rings (SSSR count). The molecule has 0 fully saturated rings. The lowest BCUT2D eigenvalue weighted by Crippen LogP contribution is -2.30. The summed E-state index contributed by atoms with van der Waals surface area (Å²) in [5.41, 5.74) is 0.119. The van der Waals surface area contributed by atoms with E-state index in [4.69, 9.17) is 0 Å². The van der Waals surface area contributed by atoms with Gasteiger partial charge in [-0.25, -0.2) is 21.2 Å². The molecule has 150 valence electrons. The zero-order valence-electron chi connectivity index (χ0n) is 14.9. The Hall–Kier alpha value is -2.46. The maximum absolute atomic E-state index is 13.7. The summed E-state index contributed by atoms with van der Waals surface area (Å²) in [4.78, 5) is 3.73. The molecular weight excluding hydrogens is 405 g/mol. The number of benzene rings is 2. The fourth-order valence-corrected chi connectivity index (χ4v) is 4.97. The number of nitrogens with zero attached hydrogens (tertiary/aromatic N) is 1. The van der Waals surface area contributed by atoms with Crippen LogP contribution < -0.4 is 9.44 Å². The SMILES string of the molecule is O=S(=O)(NC1=NCCCCC1)c1ccc(NS(=O)(=O)c2ccccc2F)cc1. The highest BCUT2D eigenvalue weighted by atomic mass is 32.2. The van der Waals surface area contributed by atoms with Crippen molar-refractivity contribution in [1.29, 1.82) is 0 Å². The van der Waals surface area contributed by atoms with Crippen molar-refractivity contribution in [3.8, 4) is 0 Å². The largest absolute Gasteiger partial charge is 0.280 e. The van der Waals surface area contributed by atoms with Crippen molar-refractivity contribution in [2.45, 2.75) is 35.5 Å². The molecule has 0 saturated carbocycles. The fourth-order valence-electron chi connectivity index (χ4n) is 2.75. The molecule has 0 amide bonds. The summed E-state index contributed by atoms with van der Waals surface area (Å²) < 4.78 is 68.1. The van der Waals surface area contributed by atoms with Crippen molar-refractivity contribution in [1.82, 2.24) is 4.72 Å². The van der Waals surface area contributed by atoms with Crippen LogP contribution in [0.2, 0.25) is 0 Å². The van der Waals surface area contributed by atoms with Gasteiger partial charge in [0.05, 0.1) is 4.90 Å². The quantitative estimate of drug-likeness (QED) is 0.768. The minimum atomic E-state index is -4.13. The average Bonchev–Trinajstić information content (AvgIpc) is 2.90. The van der Waals surface area contributed by atoms with Gasteiger partial charge in [-0.1, -0.05) is 18.6 Å². The van der Waals surface area contributed by atoms with E-state index in [1.807, 2.05) is 0 Å². The molecule has 0 spiro atoms. The first-order valence-electron chi connectivity index (χ1n) is 8.71. The summed E-state index contributed by atoms with van der Waals surface area (Å²) in [5.74, 6) is -0.440. The number of halogens is 1. The first-order valence-corrected chi connectivity index (χ1v) is 11.7. The number of sulfonamides is 2. The van der Waals surface area contributed by atoms with Gasteiger partial charge in [-0.2, -0.15) is 0 Å². The number of hydrogen-bond acceptors (Lipinski definition) is 5. The lowest BCUT2D eigenvalue weighted by atomic mass is 10.2. The number of nitrogens with one attached hydrogen (secondary N) is 2. The maximum atomic E-state index is 13.7. The van der Waals surface area contributed by atoms with Crippen LogP contribution in [-0.4, -0.2) is 29.2 Å². The zero-order chi connectivity index (χ0) is 20.2. The Bertz CT molecular complexity index is 1080. The summed E-state index contributed by atoms with van der Waals surface area (Å²) in [6.45, 7) is 0.592. The van der Waals surface area contributed by atoms with E-state index in [0.29, 0.717) is 18.8 Å². The van der Waals surface area contributed by atoms with Crippen molar-refractivity contribution in [3.05, 3.63) is 54.3 Å². The fraction of sp³-hybridized carbons (Fsp3) is 0.278. The van der Waals surface area contributed by atoms with E-state index >= 15 is 0 Å². The Morgan fingerprint density at radius 1 is 0.821 bits per heavy atom. The van der Waals surface area contributed by atoms with Crippen molar-refractivity contribution < 1.29 is 21.2 Å². The minimum Gasteiger partial charge on any atom is -0.280 e. The first-order chi connectivity index (χ1) is 13.3. The Labute approximate surface area is 163 Å². The van der Waals surface area contributed by atoms with Gasteiger partial charge in [0.15, 0.2) is 0 Å². The van der Waals surface area contributed by atoms with Gasteiger partial charge < -0.3 is 0 Å². The molecule has 7 nitrogen and oxygen atoms in total. The minimum absolute atomic E-state index is 0.0201. The van der Waals surface area contributed by atoms with E-state index in [1.165, 1.54) is 36.4 Å². The smallest absolute Gasteiger partial charge is 0.264 e. The van der Waals surface area contributed by atoms with Crippen LogP contribution in [0.25, 0.3) is 0 Å². The second-order valence-electron chi connectivity index (χ2n) is 6.30. The molecule has 0 aromatic heterocycles. The third-order valence-electron chi connectivity index (χ3n) is 4.17. The first kappa shape index (κ1) is 20.3. The maximum Gasteiger partial charge on any atom is 0.264 e. The van der Waals surface area contributed by atoms with E-state index in [-0.39, 0.29) is 10.6 Å². The highest BCUT2D eigenvalue weighted by Crippen LogP contribution is 2.20. The molecule has 2 aromatic rings. The molecule has 0 atom stereocenters. The Morgan fingerprint density at radius 2 is 1.54 bits per heavy atom. The molecule has 10 heteroatoms. The standard InChI is InChI=1S/C18H20FN3O4S2/c19-16-6-3-4-7-17(16)28(25,26)21-14-9-11-15(12-10-14)27(23,24)22-18-8-2-1-5-13-20-18/h3-4,6-7,9-12,21H,1-2,5,8,13H2,(H,20,22). The van der Waals surface area contributed by atoms with E-state index in [0.717, 1.165) is 31.4 Å². The molecule has 0 saturated heterocycles. The van der Waals surface area contributed by atoms with Gasteiger partial charge in [-0.05, 0) is 49.2 Å². The summed E-state index contributed by atoms with van der Waals surface area (Å²) in [6.07, 6.45) is 3.38. The second-order valence-corrected chi connectivity index (χ2v) is 9.64. The average molecular weight is 426 g/mol. The van der Waals surface area contributed by atoms with Crippen LogP contribution in [0.3, 0.4) is 0 Å². The molecule has 0 bridgehead atoms. The van der Waals surface area contributed by atoms with Crippen LogP contribution in [0.4, 0.5) is 10.1 Å². The Balaban J connectivity index is 1.76. The summed E-state index contributed by atoms with van der Waals surface area (Å²) in [5, 5.41) is 0. The summed E-state index contributed by atoms with van der Waals surface area (Å²) in [6, 6.07) is 10.2. The molecule has 2 aromatic carbocycles. The molecule has 0 unspecified atom stereocenters. The van der Waals surface area contributed by atoms with Gasteiger partial charge in [0.2, 0.25) is 0 Å². The predicted molar refractivity (Wildman–Crippen MR) is 105 cm³/mol. The Morgan fingerprint density at radius 3 is 2.25 bits per heavy atom. The van der Waals surface area contributed by atoms with Crippen LogP contribution >= 0.6 is 0 Å². The van der Waals surface area contributed by atoms with E-state index < -0.39 is 30.8 Å². The third kappa shape index (κ3) is 4.87. The number of rotatable bonds is 5. The third-order valence-corrected chi connectivity index (χ3v) is 6.98. The van der Waals surface area contributed by atoms with Crippen molar-refractivity contribution in [3.63, 3.8) is 0 Å². The van der Waals surface area contributed by atoms with Crippen molar-refractivity contribution in [2.24, 2.45) is 4.99 Å². The number of anilines is 1. The molecule has 1 aliphatic rings.